The molecule has 5 heteroatoms. The van der Waals surface area contributed by atoms with Gasteiger partial charge in [0.05, 0.1) is 7.11 Å². The van der Waals surface area contributed by atoms with Gasteiger partial charge in [-0.3, -0.25) is 4.79 Å². The first kappa shape index (κ1) is 16.8. The van der Waals surface area contributed by atoms with E-state index in [-0.39, 0.29) is 11.9 Å². The van der Waals surface area contributed by atoms with Crippen molar-refractivity contribution in [2.24, 2.45) is 0 Å². The molecule has 2 rings (SSSR count). The Labute approximate surface area is 136 Å². The van der Waals surface area contributed by atoms with Gasteiger partial charge in [-0.1, -0.05) is 49.1 Å². The quantitative estimate of drug-likeness (QED) is 0.846. The van der Waals surface area contributed by atoms with Crippen LogP contribution in [0.3, 0.4) is 0 Å². The van der Waals surface area contributed by atoms with E-state index in [1.54, 1.807) is 0 Å². The summed E-state index contributed by atoms with van der Waals surface area (Å²) in [5.41, 5.74) is 0.0972. The van der Waals surface area contributed by atoms with Crippen LogP contribution in [0.15, 0.2) is 24.3 Å². The summed E-state index contributed by atoms with van der Waals surface area (Å²) in [7, 11) is 1.37. The fourth-order valence-electron chi connectivity index (χ4n) is 3.01. The normalized spacial score (nSPS) is 16.8. The zero-order chi connectivity index (χ0) is 16.0. The lowest BCUT2D eigenvalue weighted by Gasteiger charge is -2.35. The van der Waals surface area contributed by atoms with Gasteiger partial charge < -0.3 is 10.1 Å². The SMILES string of the molecule is COC(=O)C1(NC(=O)CCc2ccccc2Cl)CCCCC1. The van der Waals surface area contributed by atoms with Crippen molar-refractivity contribution < 1.29 is 14.3 Å². The van der Waals surface area contributed by atoms with Crippen molar-refractivity contribution in [1.29, 1.82) is 0 Å². The Bertz CT molecular complexity index is 538. The van der Waals surface area contributed by atoms with E-state index < -0.39 is 5.54 Å². The van der Waals surface area contributed by atoms with Crippen LogP contribution in [-0.4, -0.2) is 24.5 Å². The van der Waals surface area contributed by atoms with Crippen molar-refractivity contribution in [2.75, 3.05) is 7.11 Å². The van der Waals surface area contributed by atoms with Gasteiger partial charge in [0.1, 0.15) is 5.54 Å². The van der Waals surface area contributed by atoms with E-state index >= 15 is 0 Å². The van der Waals surface area contributed by atoms with E-state index in [1.807, 2.05) is 24.3 Å². The molecular formula is C17H22ClNO3. The second kappa shape index (κ2) is 7.63. The van der Waals surface area contributed by atoms with Gasteiger partial charge >= 0.3 is 5.97 Å². The number of carbonyl (C=O) groups excluding carboxylic acids is 2. The molecule has 0 aromatic heterocycles. The first-order chi connectivity index (χ1) is 10.6. The molecule has 4 nitrogen and oxygen atoms in total. The maximum atomic E-state index is 12.3. The number of methoxy groups -OCH3 is 1. The topological polar surface area (TPSA) is 55.4 Å². The Morgan fingerprint density at radius 2 is 1.91 bits per heavy atom. The number of hydrogen-bond acceptors (Lipinski definition) is 3. The van der Waals surface area contributed by atoms with E-state index in [2.05, 4.69) is 5.32 Å². The van der Waals surface area contributed by atoms with Crippen LogP contribution in [0.1, 0.15) is 44.1 Å². The number of ether oxygens (including phenoxy) is 1. The molecule has 0 radical (unpaired) electrons. The summed E-state index contributed by atoms with van der Waals surface area (Å²) in [6, 6.07) is 7.48. The molecule has 0 saturated heterocycles. The molecule has 1 aromatic rings. The predicted molar refractivity (Wildman–Crippen MR) is 85.7 cm³/mol. The van der Waals surface area contributed by atoms with Gasteiger partial charge in [0.25, 0.3) is 0 Å². The molecular weight excluding hydrogens is 302 g/mol. The molecule has 1 N–H and O–H groups in total. The molecule has 0 unspecified atom stereocenters. The average Bonchev–Trinajstić information content (AvgIpc) is 2.54. The first-order valence-corrected chi connectivity index (χ1v) is 8.08. The maximum Gasteiger partial charge on any atom is 0.331 e. The number of carbonyl (C=O) groups is 2. The van der Waals surface area contributed by atoms with Crippen molar-refractivity contribution in [3.63, 3.8) is 0 Å². The Morgan fingerprint density at radius 1 is 1.23 bits per heavy atom. The minimum atomic E-state index is -0.843. The number of halogens is 1. The van der Waals surface area contributed by atoms with Crippen LogP contribution < -0.4 is 5.32 Å². The van der Waals surface area contributed by atoms with Gasteiger partial charge in [0.2, 0.25) is 5.91 Å². The van der Waals surface area contributed by atoms with Crippen molar-refractivity contribution in [2.45, 2.75) is 50.5 Å². The van der Waals surface area contributed by atoms with Crippen LogP contribution in [-0.2, 0) is 20.7 Å². The van der Waals surface area contributed by atoms with Crippen molar-refractivity contribution in [3.05, 3.63) is 34.9 Å². The van der Waals surface area contributed by atoms with E-state index in [0.29, 0.717) is 30.7 Å². The fraction of sp³-hybridized carbons (Fsp3) is 0.529. The van der Waals surface area contributed by atoms with Crippen LogP contribution in [0.2, 0.25) is 5.02 Å². The van der Waals surface area contributed by atoms with Crippen molar-refractivity contribution in [3.8, 4) is 0 Å². The number of esters is 1. The number of benzene rings is 1. The molecule has 1 fully saturated rings. The Kier molecular flexibility index (Phi) is 5.83. The lowest BCUT2D eigenvalue weighted by molar-refractivity contribution is -0.152. The number of amides is 1. The van der Waals surface area contributed by atoms with Crippen LogP contribution in [0.5, 0.6) is 0 Å². The third kappa shape index (κ3) is 4.01. The smallest absolute Gasteiger partial charge is 0.331 e. The number of hydrogen-bond donors (Lipinski definition) is 1. The Hall–Kier alpha value is -1.55. The molecule has 1 aromatic carbocycles. The zero-order valence-corrected chi connectivity index (χ0v) is 13.6. The Morgan fingerprint density at radius 3 is 2.55 bits per heavy atom. The third-order valence-corrected chi connectivity index (χ3v) is 4.61. The molecule has 1 aliphatic carbocycles. The highest BCUT2D eigenvalue weighted by atomic mass is 35.5. The highest BCUT2D eigenvalue weighted by molar-refractivity contribution is 6.31. The molecule has 0 spiro atoms. The lowest BCUT2D eigenvalue weighted by Crippen LogP contribution is -2.56. The van der Waals surface area contributed by atoms with Crippen molar-refractivity contribution in [1.82, 2.24) is 5.32 Å². The summed E-state index contributed by atoms with van der Waals surface area (Å²) in [4.78, 5) is 24.4. The first-order valence-electron chi connectivity index (χ1n) is 7.70. The van der Waals surface area contributed by atoms with Crippen LogP contribution in [0.4, 0.5) is 0 Å². The van der Waals surface area contributed by atoms with Gasteiger partial charge in [-0.05, 0) is 30.9 Å². The van der Waals surface area contributed by atoms with Crippen LogP contribution in [0, 0.1) is 0 Å². The maximum absolute atomic E-state index is 12.3. The zero-order valence-electron chi connectivity index (χ0n) is 12.9. The van der Waals surface area contributed by atoms with E-state index in [0.717, 1.165) is 24.8 Å². The van der Waals surface area contributed by atoms with E-state index in [1.165, 1.54) is 7.11 Å². The lowest BCUT2D eigenvalue weighted by atomic mass is 9.81. The summed E-state index contributed by atoms with van der Waals surface area (Å²) in [5.74, 6) is -0.467. The minimum Gasteiger partial charge on any atom is -0.467 e. The average molecular weight is 324 g/mol. The molecule has 1 aliphatic rings. The van der Waals surface area contributed by atoms with Gasteiger partial charge in [-0.15, -0.1) is 0 Å². The second-order valence-electron chi connectivity index (χ2n) is 5.77. The third-order valence-electron chi connectivity index (χ3n) is 4.24. The van der Waals surface area contributed by atoms with E-state index in [9.17, 15) is 9.59 Å². The highest BCUT2D eigenvalue weighted by Gasteiger charge is 2.41. The summed E-state index contributed by atoms with van der Waals surface area (Å²) in [6.45, 7) is 0. The molecule has 0 atom stereocenters. The monoisotopic (exact) mass is 323 g/mol. The van der Waals surface area contributed by atoms with Gasteiger partial charge in [0, 0.05) is 11.4 Å². The summed E-state index contributed by atoms with van der Waals surface area (Å²) >= 11 is 6.09. The molecule has 0 bridgehead atoms. The van der Waals surface area contributed by atoms with Crippen molar-refractivity contribution >= 4 is 23.5 Å². The molecule has 0 heterocycles. The molecule has 22 heavy (non-hydrogen) atoms. The number of aryl methyl sites for hydroxylation is 1. The predicted octanol–water partition coefficient (Wildman–Crippen LogP) is 3.26. The highest BCUT2D eigenvalue weighted by Crippen LogP contribution is 2.29. The molecule has 0 aliphatic heterocycles. The largest absolute Gasteiger partial charge is 0.467 e. The van der Waals surface area contributed by atoms with Gasteiger partial charge in [-0.2, -0.15) is 0 Å². The Balaban J connectivity index is 1.97. The standard InChI is InChI=1S/C17H22ClNO3/c1-22-16(21)17(11-5-2-6-12-17)19-15(20)10-9-13-7-3-4-8-14(13)18/h3-4,7-8H,2,5-6,9-12H2,1H3,(H,19,20). The van der Waals surface area contributed by atoms with Gasteiger partial charge in [-0.25, -0.2) is 4.79 Å². The number of rotatable bonds is 5. The van der Waals surface area contributed by atoms with Crippen LogP contribution in [0.25, 0.3) is 0 Å². The minimum absolute atomic E-state index is 0.132. The summed E-state index contributed by atoms with van der Waals surface area (Å²) in [6.07, 6.45) is 5.12. The van der Waals surface area contributed by atoms with E-state index in [4.69, 9.17) is 16.3 Å². The second-order valence-corrected chi connectivity index (χ2v) is 6.18. The van der Waals surface area contributed by atoms with Crippen LogP contribution >= 0.6 is 11.6 Å². The summed E-state index contributed by atoms with van der Waals surface area (Å²) in [5, 5.41) is 3.58. The molecule has 120 valence electrons. The van der Waals surface area contributed by atoms with Gasteiger partial charge in [0.15, 0.2) is 0 Å². The molecule has 1 saturated carbocycles. The summed E-state index contributed by atoms with van der Waals surface area (Å²) < 4.78 is 4.90. The number of nitrogens with one attached hydrogen (secondary N) is 1. The fourth-order valence-corrected chi connectivity index (χ4v) is 3.24. The molecule has 1 amide bonds.